The van der Waals surface area contributed by atoms with Gasteiger partial charge in [0.05, 0.1) is 13.0 Å². The van der Waals surface area contributed by atoms with Crippen molar-refractivity contribution in [1.29, 1.82) is 0 Å². The number of nitrogens with zero attached hydrogens (tertiary/aromatic N) is 1. The molecule has 1 atom stereocenters. The van der Waals surface area contributed by atoms with Crippen molar-refractivity contribution in [1.82, 2.24) is 15.3 Å². The maximum Gasteiger partial charge on any atom is 0.306 e. The number of esters is 1. The molecule has 104 valence electrons. The molecule has 1 amide bonds. The smallest absolute Gasteiger partial charge is 0.306 e. The predicted octanol–water partition coefficient (Wildman–Crippen LogP) is 0.824. The molecule has 2 heterocycles. The summed E-state index contributed by atoms with van der Waals surface area (Å²) in [5.74, 6) is 0.524. The Kier molecular flexibility index (Phi) is 4.59. The van der Waals surface area contributed by atoms with Gasteiger partial charge in [0.15, 0.2) is 11.0 Å². The third-order valence-corrected chi connectivity index (χ3v) is 3.43. The molecule has 1 aromatic rings. The lowest BCUT2D eigenvalue weighted by atomic mass is 10.3. The summed E-state index contributed by atoms with van der Waals surface area (Å²) < 4.78 is 4.82. The van der Waals surface area contributed by atoms with E-state index in [1.165, 1.54) is 11.8 Å². The molecule has 0 aliphatic carbocycles. The van der Waals surface area contributed by atoms with Crippen LogP contribution in [-0.4, -0.2) is 39.7 Å². The second-order valence-corrected chi connectivity index (χ2v) is 5.29. The Balaban J connectivity index is 1.91. The largest absolute Gasteiger partial charge is 0.466 e. The number of anilines is 1. The van der Waals surface area contributed by atoms with Crippen molar-refractivity contribution in [3.63, 3.8) is 0 Å². The average Bonchev–Trinajstić information content (AvgIpc) is 2.72. The van der Waals surface area contributed by atoms with Gasteiger partial charge < -0.3 is 20.4 Å². The molecule has 19 heavy (non-hydrogen) atoms. The van der Waals surface area contributed by atoms with Crippen LogP contribution in [0.4, 0.5) is 5.82 Å². The van der Waals surface area contributed by atoms with Crippen LogP contribution in [0.5, 0.6) is 0 Å². The minimum atomic E-state index is -0.444. The minimum Gasteiger partial charge on any atom is -0.466 e. The van der Waals surface area contributed by atoms with Crippen LogP contribution in [0.25, 0.3) is 0 Å². The average molecular weight is 302 g/mol. The zero-order chi connectivity index (χ0) is 13.8. The van der Waals surface area contributed by atoms with E-state index < -0.39 is 5.50 Å². The molecule has 0 saturated heterocycles. The van der Waals surface area contributed by atoms with Gasteiger partial charge in [0.2, 0.25) is 0 Å². The summed E-state index contributed by atoms with van der Waals surface area (Å²) in [6, 6.07) is 0. The van der Waals surface area contributed by atoms with Crippen molar-refractivity contribution in [2.45, 2.75) is 24.0 Å². The van der Waals surface area contributed by atoms with Gasteiger partial charge in [-0.2, -0.15) is 0 Å². The van der Waals surface area contributed by atoms with Gasteiger partial charge in [0, 0.05) is 5.75 Å². The molecule has 0 saturated carbocycles. The number of ether oxygens (including phenoxy) is 1. The first kappa shape index (κ1) is 14.1. The van der Waals surface area contributed by atoms with Gasteiger partial charge in [0.1, 0.15) is 11.2 Å². The number of fused-ring (bicyclic) bond motifs is 1. The lowest BCUT2D eigenvalue weighted by Gasteiger charge is -2.19. The van der Waals surface area contributed by atoms with Crippen LogP contribution in [0.3, 0.4) is 0 Å². The lowest BCUT2D eigenvalue weighted by molar-refractivity contribution is -0.142. The molecule has 0 fully saturated rings. The van der Waals surface area contributed by atoms with Gasteiger partial charge in [-0.1, -0.05) is 11.8 Å². The summed E-state index contributed by atoms with van der Waals surface area (Å²) in [6.07, 6.45) is 0.304. The van der Waals surface area contributed by atoms with E-state index in [9.17, 15) is 9.59 Å². The van der Waals surface area contributed by atoms with Gasteiger partial charge in [-0.15, -0.1) is 12.6 Å². The molecule has 1 aromatic heterocycles. The number of carbonyl (C=O) groups excluding carboxylic acids is 2. The second kappa shape index (κ2) is 6.20. The number of carbonyl (C=O) groups is 2. The van der Waals surface area contributed by atoms with Gasteiger partial charge in [0.25, 0.3) is 5.91 Å². The van der Waals surface area contributed by atoms with E-state index in [1.807, 2.05) is 0 Å². The monoisotopic (exact) mass is 302 g/mol. The zero-order valence-electron chi connectivity index (χ0n) is 10.2. The van der Waals surface area contributed by atoms with Gasteiger partial charge in [-0.3, -0.25) is 9.59 Å². The number of hydrogen-bond acceptors (Lipinski definition) is 7. The highest BCUT2D eigenvalue weighted by atomic mass is 32.2. The highest BCUT2D eigenvalue weighted by Crippen LogP contribution is 2.24. The Morgan fingerprint density at radius 3 is 3.05 bits per heavy atom. The van der Waals surface area contributed by atoms with Crippen molar-refractivity contribution >= 4 is 42.1 Å². The van der Waals surface area contributed by atoms with E-state index >= 15 is 0 Å². The molecular weight excluding hydrogens is 288 g/mol. The van der Waals surface area contributed by atoms with E-state index in [2.05, 4.69) is 33.2 Å². The van der Waals surface area contributed by atoms with Crippen molar-refractivity contribution in [2.24, 2.45) is 0 Å². The summed E-state index contributed by atoms with van der Waals surface area (Å²) in [4.78, 5) is 29.9. The molecule has 0 spiro atoms. The number of thioether (sulfide) groups is 1. The van der Waals surface area contributed by atoms with Crippen LogP contribution in [-0.2, 0) is 9.53 Å². The number of thiol groups is 1. The number of rotatable bonds is 5. The number of imidazole rings is 1. The summed E-state index contributed by atoms with van der Waals surface area (Å²) in [6.45, 7) is 2.15. The third-order valence-electron chi connectivity index (χ3n) is 2.30. The number of aromatic nitrogens is 2. The Morgan fingerprint density at radius 1 is 1.53 bits per heavy atom. The third kappa shape index (κ3) is 3.57. The molecule has 0 aromatic carbocycles. The fraction of sp³-hybridized carbons (Fsp3) is 0.500. The first-order chi connectivity index (χ1) is 9.10. The number of hydrogen-bond donors (Lipinski definition) is 4. The van der Waals surface area contributed by atoms with E-state index in [0.717, 1.165) is 0 Å². The number of amides is 1. The number of aromatic amines is 1. The molecule has 1 unspecified atom stereocenters. The van der Waals surface area contributed by atoms with Crippen LogP contribution < -0.4 is 10.6 Å². The quantitative estimate of drug-likeness (QED) is 0.365. The number of nitrogens with one attached hydrogen (secondary N) is 3. The van der Waals surface area contributed by atoms with Gasteiger partial charge in [-0.05, 0) is 6.92 Å². The fourth-order valence-electron chi connectivity index (χ4n) is 1.51. The molecule has 3 N–H and O–H groups in total. The van der Waals surface area contributed by atoms with Crippen LogP contribution in [0.2, 0.25) is 0 Å². The Morgan fingerprint density at radius 2 is 2.32 bits per heavy atom. The maximum atomic E-state index is 11.6. The van der Waals surface area contributed by atoms with Crippen LogP contribution >= 0.6 is 24.4 Å². The molecule has 0 radical (unpaired) electrons. The predicted molar refractivity (Wildman–Crippen MR) is 74.4 cm³/mol. The van der Waals surface area contributed by atoms with Crippen molar-refractivity contribution < 1.29 is 14.3 Å². The molecule has 7 nitrogen and oxygen atoms in total. The van der Waals surface area contributed by atoms with Crippen LogP contribution in [0, 0.1) is 0 Å². The first-order valence-corrected chi connectivity index (χ1v) is 7.24. The topological polar surface area (TPSA) is 96.1 Å². The van der Waals surface area contributed by atoms with Crippen LogP contribution in [0.15, 0.2) is 5.16 Å². The van der Waals surface area contributed by atoms with Crippen molar-refractivity contribution in [3.8, 4) is 0 Å². The molecule has 2 rings (SSSR count). The Labute approximate surface area is 119 Å². The van der Waals surface area contributed by atoms with Crippen molar-refractivity contribution in [3.05, 3.63) is 5.69 Å². The SMILES string of the molecule is CCOC(=O)CCSc1nc2c([nH]1)C(=O)NC(S)N2. The van der Waals surface area contributed by atoms with E-state index in [0.29, 0.717) is 35.4 Å². The molecular formula is C10H14N4O3S2. The first-order valence-electron chi connectivity index (χ1n) is 5.74. The van der Waals surface area contributed by atoms with Gasteiger partial charge in [-0.25, -0.2) is 4.98 Å². The van der Waals surface area contributed by atoms with Crippen LogP contribution in [0.1, 0.15) is 23.8 Å². The standard InChI is InChI=1S/C10H14N4O3S2/c1-2-17-5(15)3-4-19-10-11-6-7(13-10)12-9(18)14-8(6)16/h9,12,18H,2-4H2,1H3,(H,11,13)(H,14,16). The lowest BCUT2D eigenvalue weighted by Crippen LogP contribution is -2.41. The van der Waals surface area contributed by atoms with E-state index in [-0.39, 0.29) is 11.9 Å². The summed E-state index contributed by atoms with van der Waals surface area (Å²) in [5.41, 5.74) is -0.0652. The minimum absolute atomic E-state index is 0.238. The van der Waals surface area contributed by atoms with E-state index in [4.69, 9.17) is 4.74 Å². The molecule has 1 aliphatic heterocycles. The molecule has 0 bridgehead atoms. The molecule has 1 aliphatic rings. The highest BCUT2D eigenvalue weighted by molar-refractivity contribution is 7.99. The zero-order valence-corrected chi connectivity index (χ0v) is 11.9. The van der Waals surface area contributed by atoms with E-state index in [1.54, 1.807) is 6.92 Å². The Hall–Kier alpha value is -1.35. The fourth-order valence-corrected chi connectivity index (χ4v) is 2.55. The Bertz CT molecular complexity index is 491. The maximum absolute atomic E-state index is 11.6. The highest BCUT2D eigenvalue weighted by Gasteiger charge is 2.25. The summed E-state index contributed by atoms with van der Waals surface area (Å²) >= 11 is 5.47. The van der Waals surface area contributed by atoms with Crippen molar-refractivity contribution in [2.75, 3.05) is 17.7 Å². The second-order valence-electron chi connectivity index (χ2n) is 3.69. The van der Waals surface area contributed by atoms with Gasteiger partial charge >= 0.3 is 5.97 Å². The summed E-state index contributed by atoms with van der Waals surface area (Å²) in [7, 11) is 0. The normalized spacial score (nSPS) is 17.4. The summed E-state index contributed by atoms with van der Waals surface area (Å²) in [5, 5.41) is 6.10. The molecule has 9 heteroatoms. The number of H-pyrrole nitrogens is 1.